The van der Waals surface area contributed by atoms with Gasteiger partial charge in [0.2, 0.25) is 5.91 Å². The second-order valence-electron chi connectivity index (χ2n) is 4.62. The molecular weight excluding hydrogens is 290 g/mol. The summed E-state index contributed by atoms with van der Waals surface area (Å²) in [5.74, 6) is 3.50. The van der Waals surface area contributed by atoms with Crippen LogP contribution in [0.1, 0.15) is 13.3 Å². The largest absolute Gasteiger partial charge is 0.338 e. The number of carbonyl (C=O) groups is 1. The van der Waals surface area contributed by atoms with Crippen LogP contribution in [0, 0.1) is 0 Å². The Morgan fingerprint density at radius 1 is 1.39 bits per heavy atom. The van der Waals surface area contributed by atoms with E-state index >= 15 is 0 Å². The van der Waals surface area contributed by atoms with Gasteiger partial charge >= 0.3 is 0 Å². The first-order valence-electron chi connectivity index (χ1n) is 6.24. The highest BCUT2D eigenvalue weighted by atomic mass is 32.2. The summed E-state index contributed by atoms with van der Waals surface area (Å²) in [5.41, 5.74) is 0. The van der Waals surface area contributed by atoms with E-state index < -0.39 is 9.84 Å². The van der Waals surface area contributed by atoms with E-state index in [0.29, 0.717) is 13.0 Å². The van der Waals surface area contributed by atoms with Crippen molar-refractivity contribution in [3.8, 4) is 0 Å². The highest BCUT2D eigenvalue weighted by molar-refractivity contribution is 8.07. The fourth-order valence-corrected chi connectivity index (χ4v) is 6.78. The summed E-state index contributed by atoms with van der Waals surface area (Å²) in [6.45, 7) is 2.55. The Balaban J connectivity index is 2.01. The molecule has 0 aromatic carbocycles. The van der Waals surface area contributed by atoms with Gasteiger partial charge in [-0.1, -0.05) is 0 Å². The molecule has 2 aliphatic rings. The molecule has 18 heavy (non-hydrogen) atoms. The number of rotatable bonds is 3. The third kappa shape index (κ3) is 3.36. The molecule has 0 aliphatic carbocycles. The van der Waals surface area contributed by atoms with Crippen molar-refractivity contribution >= 4 is 39.3 Å². The molecule has 0 saturated carbocycles. The van der Waals surface area contributed by atoms with E-state index in [-0.39, 0.29) is 28.7 Å². The number of hydrogen-bond donors (Lipinski definition) is 0. The molecule has 2 aliphatic heterocycles. The van der Waals surface area contributed by atoms with Gasteiger partial charge in [-0.15, -0.1) is 11.8 Å². The zero-order valence-electron chi connectivity index (χ0n) is 10.5. The summed E-state index contributed by atoms with van der Waals surface area (Å²) in [5, 5.41) is 0.0204. The van der Waals surface area contributed by atoms with Crippen molar-refractivity contribution in [2.45, 2.75) is 24.6 Å². The van der Waals surface area contributed by atoms with E-state index in [9.17, 15) is 13.2 Å². The average Bonchev–Trinajstić information content (AvgIpc) is 2.71. The third-order valence-corrected chi connectivity index (χ3v) is 7.86. The Morgan fingerprint density at radius 2 is 2.17 bits per heavy atom. The summed E-state index contributed by atoms with van der Waals surface area (Å²) >= 11 is 3.53. The normalized spacial score (nSPS) is 31.2. The number of sulfone groups is 1. The predicted octanol–water partition coefficient (Wildman–Crippen LogP) is 0.871. The summed E-state index contributed by atoms with van der Waals surface area (Å²) in [4.78, 5) is 14.2. The molecule has 0 bridgehead atoms. The van der Waals surface area contributed by atoms with Crippen LogP contribution in [0.15, 0.2) is 0 Å². The van der Waals surface area contributed by atoms with Gasteiger partial charge in [-0.3, -0.25) is 4.79 Å². The Morgan fingerprint density at radius 3 is 2.67 bits per heavy atom. The standard InChI is InChI=1S/C11H19NO3S3/c1-2-12(9-3-6-18(14,15)8-9)11(13)10-7-16-4-5-17-10/h9-10H,2-8H2,1H3/t9-,10+/m1/s1. The molecule has 2 heterocycles. The first-order valence-corrected chi connectivity index (χ1v) is 10.3. The van der Waals surface area contributed by atoms with Gasteiger partial charge in [0.05, 0.1) is 16.8 Å². The molecule has 2 saturated heterocycles. The minimum absolute atomic E-state index is 0.0204. The summed E-state index contributed by atoms with van der Waals surface area (Å²) in [7, 11) is -2.92. The van der Waals surface area contributed by atoms with Crippen molar-refractivity contribution in [3.63, 3.8) is 0 Å². The molecule has 2 atom stereocenters. The van der Waals surface area contributed by atoms with Crippen LogP contribution < -0.4 is 0 Å². The van der Waals surface area contributed by atoms with Crippen molar-refractivity contribution in [3.05, 3.63) is 0 Å². The average molecular weight is 309 g/mol. The first kappa shape index (κ1) is 14.5. The van der Waals surface area contributed by atoms with Gasteiger partial charge in [0, 0.05) is 29.8 Å². The molecule has 2 rings (SSSR count). The molecule has 104 valence electrons. The van der Waals surface area contributed by atoms with E-state index in [1.807, 2.05) is 18.7 Å². The molecule has 0 aromatic heterocycles. The van der Waals surface area contributed by atoms with Crippen molar-refractivity contribution < 1.29 is 13.2 Å². The predicted molar refractivity (Wildman–Crippen MR) is 78.0 cm³/mol. The molecule has 0 N–H and O–H groups in total. The van der Waals surface area contributed by atoms with Crippen LogP contribution in [0.5, 0.6) is 0 Å². The summed E-state index contributed by atoms with van der Waals surface area (Å²) < 4.78 is 23.0. The molecule has 7 heteroatoms. The molecule has 0 aromatic rings. The molecule has 0 spiro atoms. The van der Waals surface area contributed by atoms with Crippen LogP contribution in [-0.4, -0.2) is 65.8 Å². The lowest BCUT2D eigenvalue weighted by atomic mass is 10.2. The monoisotopic (exact) mass is 309 g/mol. The van der Waals surface area contributed by atoms with Crippen LogP contribution in [0.25, 0.3) is 0 Å². The second-order valence-corrected chi connectivity index (χ2v) is 9.30. The third-order valence-electron chi connectivity index (χ3n) is 3.36. The minimum atomic E-state index is -2.92. The molecule has 0 unspecified atom stereocenters. The lowest BCUT2D eigenvalue weighted by Crippen LogP contribution is -2.46. The van der Waals surface area contributed by atoms with Gasteiger partial charge in [-0.25, -0.2) is 8.42 Å². The van der Waals surface area contributed by atoms with Gasteiger partial charge in [-0.2, -0.15) is 11.8 Å². The van der Waals surface area contributed by atoms with Crippen LogP contribution >= 0.6 is 23.5 Å². The molecule has 2 fully saturated rings. The van der Waals surface area contributed by atoms with Crippen molar-refractivity contribution in [1.82, 2.24) is 4.90 Å². The molecule has 1 amide bonds. The maximum absolute atomic E-state index is 12.4. The zero-order valence-corrected chi connectivity index (χ0v) is 13.0. The van der Waals surface area contributed by atoms with Gasteiger partial charge in [0.25, 0.3) is 0 Å². The highest BCUT2D eigenvalue weighted by Crippen LogP contribution is 2.27. The lowest BCUT2D eigenvalue weighted by Gasteiger charge is -2.31. The SMILES string of the molecule is CCN(C(=O)[C@@H]1CSCCS1)[C@@H]1CCS(=O)(=O)C1. The maximum atomic E-state index is 12.4. The Kier molecular flexibility index (Phi) is 4.88. The van der Waals surface area contributed by atoms with Crippen molar-refractivity contribution in [1.29, 1.82) is 0 Å². The summed E-state index contributed by atoms with van der Waals surface area (Å²) in [6, 6.07) is -0.0972. The number of amides is 1. The number of thioether (sulfide) groups is 2. The van der Waals surface area contributed by atoms with E-state index in [0.717, 1.165) is 17.3 Å². The first-order chi connectivity index (χ1) is 8.53. The van der Waals surface area contributed by atoms with Crippen molar-refractivity contribution in [2.75, 3.05) is 35.3 Å². The van der Waals surface area contributed by atoms with Crippen molar-refractivity contribution in [2.24, 2.45) is 0 Å². The van der Waals surface area contributed by atoms with Crippen LogP contribution in [-0.2, 0) is 14.6 Å². The Labute approximate surface area is 117 Å². The topological polar surface area (TPSA) is 54.5 Å². The fraction of sp³-hybridized carbons (Fsp3) is 0.909. The van der Waals surface area contributed by atoms with E-state index in [1.165, 1.54) is 0 Å². The zero-order chi connectivity index (χ0) is 13.2. The van der Waals surface area contributed by atoms with Gasteiger partial charge in [0.15, 0.2) is 9.84 Å². The second kappa shape index (κ2) is 6.05. The van der Waals surface area contributed by atoms with Gasteiger partial charge < -0.3 is 4.90 Å². The number of nitrogens with zero attached hydrogens (tertiary/aromatic N) is 1. The molecule has 0 radical (unpaired) electrons. The Hall–Kier alpha value is 0.120. The molecular formula is C11H19NO3S3. The maximum Gasteiger partial charge on any atom is 0.236 e. The smallest absolute Gasteiger partial charge is 0.236 e. The van der Waals surface area contributed by atoms with Crippen LogP contribution in [0.4, 0.5) is 0 Å². The lowest BCUT2D eigenvalue weighted by molar-refractivity contribution is -0.131. The molecule has 4 nitrogen and oxygen atoms in total. The van der Waals surface area contributed by atoms with E-state index in [1.54, 1.807) is 16.7 Å². The number of carbonyl (C=O) groups excluding carboxylic acids is 1. The van der Waals surface area contributed by atoms with E-state index in [2.05, 4.69) is 0 Å². The van der Waals surface area contributed by atoms with Crippen LogP contribution in [0.2, 0.25) is 0 Å². The highest BCUT2D eigenvalue weighted by Gasteiger charge is 2.36. The Bertz CT molecular complexity index is 404. The minimum Gasteiger partial charge on any atom is -0.338 e. The van der Waals surface area contributed by atoms with E-state index in [4.69, 9.17) is 0 Å². The van der Waals surface area contributed by atoms with Gasteiger partial charge in [0.1, 0.15) is 0 Å². The van der Waals surface area contributed by atoms with Gasteiger partial charge in [-0.05, 0) is 13.3 Å². The quantitative estimate of drug-likeness (QED) is 0.774. The fourth-order valence-electron chi connectivity index (χ4n) is 2.43. The van der Waals surface area contributed by atoms with Crippen LogP contribution in [0.3, 0.4) is 0 Å². The number of hydrogen-bond acceptors (Lipinski definition) is 5. The summed E-state index contributed by atoms with van der Waals surface area (Å²) in [6.07, 6.45) is 0.604.